The minimum absolute atomic E-state index is 0.294. The molecular formula is C30H34FN9. The van der Waals surface area contributed by atoms with E-state index in [1.807, 2.05) is 12.1 Å². The van der Waals surface area contributed by atoms with Crippen molar-refractivity contribution >= 4 is 39.5 Å². The molecule has 0 amide bonds. The van der Waals surface area contributed by atoms with Crippen LogP contribution in [0.25, 0.3) is 33.2 Å². The first kappa shape index (κ1) is 25.0. The lowest BCUT2D eigenvalue weighted by molar-refractivity contribution is 0.0828. The number of imidazole rings is 1. The Labute approximate surface area is 232 Å². The molecule has 7 rings (SSSR count). The van der Waals surface area contributed by atoms with Gasteiger partial charge in [0.1, 0.15) is 23.6 Å². The Hall–Kier alpha value is -4.02. The number of rotatable bonds is 5. The molecule has 5 aromatic rings. The zero-order valence-electron chi connectivity index (χ0n) is 22.6. The van der Waals surface area contributed by atoms with Gasteiger partial charge in [-0.3, -0.25) is 4.90 Å². The van der Waals surface area contributed by atoms with Crippen LogP contribution in [0.2, 0.25) is 0 Å². The van der Waals surface area contributed by atoms with Crippen LogP contribution >= 0.6 is 0 Å². The summed E-state index contributed by atoms with van der Waals surface area (Å²) in [5, 5.41) is 4.19. The van der Waals surface area contributed by atoms with Crippen molar-refractivity contribution in [1.82, 2.24) is 34.3 Å². The van der Waals surface area contributed by atoms with Crippen molar-refractivity contribution in [2.45, 2.75) is 37.8 Å². The molecule has 2 aromatic carbocycles. The predicted molar refractivity (Wildman–Crippen MR) is 157 cm³/mol. The quantitative estimate of drug-likeness (QED) is 0.283. The number of piperazine rings is 1. The normalized spacial score (nSPS) is 20.9. The molecule has 0 atom stereocenters. The molecule has 0 spiro atoms. The Balaban J connectivity index is 1.12. The lowest BCUT2D eigenvalue weighted by Crippen LogP contribution is -2.49. The van der Waals surface area contributed by atoms with Gasteiger partial charge < -0.3 is 25.5 Å². The summed E-state index contributed by atoms with van der Waals surface area (Å²) in [6.07, 6.45) is 8.47. The molecule has 1 aliphatic carbocycles. The van der Waals surface area contributed by atoms with Crippen LogP contribution in [-0.2, 0) is 0 Å². The number of fused-ring (bicyclic) bond motifs is 2. The number of nitrogens with one attached hydrogen (secondary N) is 2. The highest BCUT2D eigenvalue weighted by Crippen LogP contribution is 2.39. The fraction of sp³-hybridized carbons (Fsp3) is 0.367. The van der Waals surface area contributed by atoms with Crippen molar-refractivity contribution in [3.8, 4) is 11.1 Å². The van der Waals surface area contributed by atoms with E-state index in [0.29, 0.717) is 34.9 Å². The molecule has 0 radical (unpaired) electrons. The van der Waals surface area contributed by atoms with Gasteiger partial charge in [-0.05, 0) is 68.6 Å². The van der Waals surface area contributed by atoms with E-state index in [1.54, 1.807) is 12.4 Å². The molecule has 1 saturated carbocycles. The van der Waals surface area contributed by atoms with Gasteiger partial charge in [0.15, 0.2) is 0 Å². The molecule has 2 aliphatic rings. The van der Waals surface area contributed by atoms with Gasteiger partial charge in [0.05, 0.1) is 16.4 Å². The van der Waals surface area contributed by atoms with Crippen LogP contribution in [0.1, 0.15) is 31.7 Å². The molecule has 0 bridgehead atoms. The van der Waals surface area contributed by atoms with Crippen molar-refractivity contribution in [3.05, 3.63) is 60.8 Å². The van der Waals surface area contributed by atoms with E-state index in [9.17, 15) is 4.39 Å². The molecule has 3 aromatic heterocycles. The Morgan fingerprint density at radius 2 is 1.70 bits per heavy atom. The summed E-state index contributed by atoms with van der Waals surface area (Å²) in [5.74, 6) is 0.772. The fourth-order valence-corrected chi connectivity index (χ4v) is 6.41. The number of aromatic nitrogens is 5. The summed E-state index contributed by atoms with van der Waals surface area (Å²) in [6.45, 7) is 4.67. The molecule has 4 heterocycles. The molecule has 0 unspecified atom stereocenters. The topological polar surface area (TPSA) is 104 Å². The number of aromatic amines is 1. The molecule has 4 N–H and O–H groups in total. The Morgan fingerprint density at radius 3 is 2.48 bits per heavy atom. The second-order valence-corrected chi connectivity index (χ2v) is 11.2. The van der Waals surface area contributed by atoms with E-state index in [-0.39, 0.29) is 5.82 Å². The molecule has 40 heavy (non-hydrogen) atoms. The van der Waals surface area contributed by atoms with Gasteiger partial charge in [0.25, 0.3) is 0 Å². The molecule has 1 aliphatic heterocycles. The van der Waals surface area contributed by atoms with E-state index in [4.69, 9.17) is 5.73 Å². The maximum Gasteiger partial charge on any atom is 0.205 e. The van der Waals surface area contributed by atoms with Gasteiger partial charge >= 0.3 is 0 Å². The zero-order chi connectivity index (χ0) is 27.2. The maximum atomic E-state index is 13.6. The van der Waals surface area contributed by atoms with E-state index >= 15 is 0 Å². The largest absolute Gasteiger partial charge is 0.383 e. The number of hydrogen-bond donors (Lipinski definition) is 3. The number of anilines is 3. The number of halogens is 1. The third kappa shape index (κ3) is 4.67. The van der Waals surface area contributed by atoms with E-state index in [1.165, 1.54) is 38.1 Å². The van der Waals surface area contributed by atoms with Crippen molar-refractivity contribution in [3.63, 3.8) is 0 Å². The molecule has 2 fully saturated rings. The third-order valence-corrected chi connectivity index (χ3v) is 8.66. The first-order chi connectivity index (χ1) is 19.5. The van der Waals surface area contributed by atoms with Crippen molar-refractivity contribution in [2.75, 3.05) is 44.3 Å². The lowest BCUT2D eigenvalue weighted by atomic mass is 9.89. The highest BCUT2D eigenvalue weighted by molar-refractivity contribution is 6.00. The van der Waals surface area contributed by atoms with Gasteiger partial charge in [0.2, 0.25) is 5.95 Å². The maximum absolute atomic E-state index is 13.6. The summed E-state index contributed by atoms with van der Waals surface area (Å²) in [7, 11) is 2.21. The van der Waals surface area contributed by atoms with Gasteiger partial charge in [0, 0.05) is 55.7 Å². The average molecular weight is 540 g/mol. The van der Waals surface area contributed by atoms with Gasteiger partial charge in [-0.25, -0.2) is 19.3 Å². The first-order valence-electron chi connectivity index (χ1n) is 14.1. The van der Waals surface area contributed by atoms with Gasteiger partial charge in [-0.2, -0.15) is 0 Å². The predicted octanol–water partition coefficient (Wildman–Crippen LogP) is 5.17. The summed E-state index contributed by atoms with van der Waals surface area (Å²) in [4.78, 5) is 21.7. The lowest BCUT2D eigenvalue weighted by Gasteiger charge is -2.41. The Kier molecular flexibility index (Phi) is 6.36. The highest BCUT2D eigenvalue weighted by atomic mass is 19.1. The van der Waals surface area contributed by atoms with Crippen LogP contribution in [0.5, 0.6) is 0 Å². The summed E-state index contributed by atoms with van der Waals surface area (Å²) >= 11 is 0. The monoisotopic (exact) mass is 539 g/mol. The highest BCUT2D eigenvalue weighted by Gasteiger charge is 2.30. The van der Waals surface area contributed by atoms with Crippen LogP contribution in [0.15, 0.2) is 55.0 Å². The van der Waals surface area contributed by atoms with Crippen molar-refractivity contribution in [1.29, 1.82) is 0 Å². The van der Waals surface area contributed by atoms with E-state index in [2.05, 4.69) is 65.0 Å². The number of hydrogen-bond acceptors (Lipinski definition) is 7. The van der Waals surface area contributed by atoms with Crippen LogP contribution in [-0.4, -0.2) is 73.6 Å². The molecule has 1 saturated heterocycles. The van der Waals surface area contributed by atoms with Crippen molar-refractivity contribution in [2.24, 2.45) is 0 Å². The third-order valence-electron chi connectivity index (χ3n) is 8.66. The minimum atomic E-state index is -0.294. The second kappa shape index (κ2) is 10.2. The van der Waals surface area contributed by atoms with Crippen molar-refractivity contribution < 1.29 is 4.39 Å². The standard InChI is InChI=1S/C30H34FN9/c1-38-12-14-39(15-13-38)22-7-9-23(10-8-22)40-17-24(27-28(32)33-18-34-29(27)40)19-2-5-21(6-3-19)35-30-36-25-11-4-20(31)16-26(25)37-30/h2-6,11,16-18,22-23H,7-10,12-15H2,1H3,(H2,32,33,34)(H2,35,36,37)/t22-,23-. The van der Waals surface area contributed by atoms with E-state index in [0.717, 1.165) is 53.8 Å². The van der Waals surface area contributed by atoms with Gasteiger partial charge in [-0.15, -0.1) is 0 Å². The van der Waals surface area contributed by atoms with Crippen LogP contribution < -0.4 is 11.1 Å². The number of benzene rings is 2. The molecule has 9 nitrogen and oxygen atoms in total. The zero-order valence-corrected chi connectivity index (χ0v) is 22.6. The smallest absolute Gasteiger partial charge is 0.205 e. The summed E-state index contributed by atoms with van der Waals surface area (Å²) in [6, 6.07) is 13.7. The number of nitrogens with zero attached hydrogens (tertiary/aromatic N) is 6. The number of nitrogen functional groups attached to an aromatic ring is 1. The molecular weight excluding hydrogens is 505 g/mol. The van der Waals surface area contributed by atoms with Crippen LogP contribution in [0.3, 0.4) is 0 Å². The number of nitrogens with two attached hydrogens (primary N) is 1. The first-order valence-corrected chi connectivity index (χ1v) is 14.1. The average Bonchev–Trinajstić information content (AvgIpc) is 3.56. The molecule has 10 heteroatoms. The Morgan fingerprint density at radius 1 is 0.950 bits per heavy atom. The SMILES string of the molecule is CN1CCN([C@H]2CC[C@H](n3cc(-c4ccc(Nc5nc6ccc(F)cc6[nH]5)cc4)c4c(N)ncnc43)CC2)CC1. The van der Waals surface area contributed by atoms with Crippen LogP contribution in [0, 0.1) is 5.82 Å². The minimum Gasteiger partial charge on any atom is -0.383 e. The second-order valence-electron chi connectivity index (χ2n) is 11.2. The molecule has 206 valence electrons. The summed E-state index contributed by atoms with van der Waals surface area (Å²) < 4.78 is 15.9. The van der Waals surface area contributed by atoms with Crippen LogP contribution in [0.4, 0.5) is 21.8 Å². The fourth-order valence-electron chi connectivity index (χ4n) is 6.41. The Bertz CT molecular complexity index is 1640. The number of H-pyrrole nitrogens is 1. The van der Waals surface area contributed by atoms with E-state index < -0.39 is 0 Å². The number of likely N-dealkylation sites (N-methyl/N-ethyl adjacent to an activating group) is 1. The summed E-state index contributed by atoms with van der Waals surface area (Å²) in [5.41, 5.74) is 11.7. The van der Waals surface area contributed by atoms with Gasteiger partial charge in [-0.1, -0.05) is 12.1 Å².